The summed E-state index contributed by atoms with van der Waals surface area (Å²) < 4.78 is 18.7. The Kier molecular flexibility index (Phi) is 6.10. The normalized spacial score (nSPS) is 11.5. The fraction of sp³-hybridized carbons (Fsp3) is 0.304. The second-order valence-electron chi connectivity index (χ2n) is 8.92. The lowest BCUT2D eigenvalue weighted by Gasteiger charge is -2.17. The van der Waals surface area contributed by atoms with E-state index < -0.39 is 0 Å². The summed E-state index contributed by atoms with van der Waals surface area (Å²) >= 11 is 0. The van der Waals surface area contributed by atoms with Gasteiger partial charge in [-0.05, 0) is 44.9 Å². The van der Waals surface area contributed by atoms with E-state index in [9.17, 15) is 0 Å². The van der Waals surface area contributed by atoms with Gasteiger partial charge in [-0.25, -0.2) is 19.0 Å². The predicted molar refractivity (Wildman–Crippen MR) is 127 cm³/mol. The van der Waals surface area contributed by atoms with Gasteiger partial charge >= 0.3 is 0 Å². The zero-order valence-corrected chi connectivity index (χ0v) is 19.8. The van der Waals surface area contributed by atoms with Gasteiger partial charge in [0.2, 0.25) is 5.95 Å². The van der Waals surface area contributed by atoms with E-state index in [1.54, 1.807) is 34.7 Å². The minimum Gasteiger partial charge on any atom is -0.380 e. The van der Waals surface area contributed by atoms with Gasteiger partial charge in [-0.2, -0.15) is 10.1 Å². The first-order chi connectivity index (χ1) is 16.1. The zero-order chi connectivity index (χ0) is 24.5. The SMILES string of the molecule is C=C(NCc1ccc(-c2ncnc(Nc3cnn(C)c3)n2)c(F)c1C)c1cn(C(C)(C)C)nn1. The molecule has 0 bridgehead atoms. The van der Waals surface area contributed by atoms with Crippen molar-refractivity contribution < 1.29 is 4.39 Å². The highest BCUT2D eigenvalue weighted by Crippen LogP contribution is 2.25. The highest BCUT2D eigenvalue weighted by molar-refractivity contribution is 5.61. The van der Waals surface area contributed by atoms with E-state index in [1.165, 1.54) is 6.33 Å². The average Bonchev–Trinajstić information content (AvgIpc) is 3.44. The van der Waals surface area contributed by atoms with Crippen LogP contribution in [0.25, 0.3) is 17.1 Å². The fourth-order valence-electron chi connectivity index (χ4n) is 3.21. The van der Waals surface area contributed by atoms with Crippen LogP contribution in [-0.4, -0.2) is 39.7 Å². The average molecular weight is 463 g/mol. The van der Waals surface area contributed by atoms with Crippen LogP contribution in [0.2, 0.25) is 0 Å². The summed E-state index contributed by atoms with van der Waals surface area (Å²) in [7, 11) is 1.81. The molecular formula is C23H27FN10. The molecule has 0 spiro atoms. The lowest BCUT2D eigenvalue weighted by molar-refractivity contribution is 0.347. The van der Waals surface area contributed by atoms with Gasteiger partial charge in [0.25, 0.3) is 0 Å². The van der Waals surface area contributed by atoms with Crippen LogP contribution in [0.5, 0.6) is 0 Å². The van der Waals surface area contributed by atoms with Crippen molar-refractivity contribution in [2.24, 2.45) is 7.05 Å². The number of nitrogens with one attached hydrogen (secondary N) is 2. The van der Waals surface area contributed by atoms with Gasteiger partial charge in [0, 0.05) is 19.8 Å². The molecule has 0 aliphatic rings. The molecule has 4 rings (SSSR count). The smallest absolute Gasteiger partial charge is 0.230 e. The van der Waals surface area contributed by atoms with Crippen LogP contribution < -0.4 is 10.6 Å². The fourth-order valence-corrected chi connectivity index (χ4v) is 3.21. The molecule has 0 amide bonds. The Hall–Kier alpha value is -4.15. The lowest BCUT2D eigenvalue weighted by Crippen LogP contribution is -2.22. The Labute approximate surface area is 197 Å². The Morgan fingerprint density at radius 2 is 1.97 bits per heavy atom. The van der Waals surface area contributed by atoms with Crippen molar-refractivity contribution in [3.05, 3.63) is 66.3 Å². The van der Waals surface area contributed by atoms with E-state index in [0.29, 0.717) is 35.0 Å². The molecule has 0 radical (unpaired) electrons. The molecule has 1 aromatic carbocycles. The largest absolute Gasteiger partial charge is 0.380 e. The van der Waals surface area contributed by atoms with Crippen molar-refractivity contribution in [2.45, 2.75) is 39.8 Å². The highest BCUT2D eigenvalue weighted by atomic mass is 19.1. The Balaban J connectivity index is 1.48. The molecule has 0 aliphatic heterocycles. The molecule has 176 valence electrons. The Bertz CT molecular complexity index is 1330. The van der Waals surface area contributed by atoms with E-state index in [4.69, 9.17) is 0 Å². The molecule has 0 saturated heterocycles. The first-order valence-corrected chi connectivity index (χ1v) is 10.7. The van der Waals surface area contributed by atoms with Crippen molar-refractivity contribution in [2.75, 3.05) is 5.32 Å². The predicted octanol–water partition coefficient (Wildman–Crippen LogP) is 3.57. The van der Waals surface area contributed by atoms with Crippen molar-refractivity contribution in [1.82, 2.24) is 45.0 Å². The number of hydrogen-bond donors (Lipinski definition) is 2. The number of rotatable bonds is 7. The van der Waals surface area contributed by atoms with Gasteiger partial charge in [0.05, 0.1) is 34.9 Å². The standard InChI is InChI=1S/C23H27FN10/c1-14-16(9-25-15(2)19-12-34(32-31-19)23(3,4)5)7-8-18(20(14)24)21-26-13-27-22(30-21)29-17-10-28-33(6)11-17/h7-8,10-13,25H,2,9H2,1,3-6H3,(H,26,27,29,30). The Morgan fingerprint density at radius 3 is 2.65 bits per heavy atom. The number of anilines is 2. The molecule has 4 aromatic rings. The molecule has 10 nitrogen and oxygen atoms in total. The molecule has 11 heteroatoms. The monoisotopic (exact) mass is 462 g/mol. The summed E-state index contributed by atoms with van der Waals surface area (Å²) in [4.78, 5) is 12.6. The Morgan fingerprint density at radius 1 is 1.18 bits per heavy atom. The van der Waals surface area contributed by atoms with Crippen LogP contribution in [-0.2, 0) is 19.1 Å². The van der Waals surface area contributed by atoms with Gasteiger partial charge in [-0.15, -0.1) is 5.10 Å². The van der Waals surface area contributed by atoms with E-state index in [0.717, 1.165) is 11.3 Å². The number of benzene rings is 1. The first-order valence-electron chi connectivity index (χ1n) is 10.7. The summed E-state index contributed by atoms with van der Waals surface area (Å²) in [6.07, 6.45) is 6.62. The molecular weight excluding hydrogens is 435 g/mol. The molecule has 34 heavy (non-hydrogen) atoms. The van der Waals surface area contributed by atoms with Gasteiger partial charge in [-0.3, -0.25) is 4.68 Å². The molecule has 0 aliphatic carbocycles. The molecule has 0 unspecified atom stereocenters. The van der Waals surface area contributed by atoms with Crippen molar-refractivity contribution >= 4 is 17.3 Å². The molecule has 0 fully saturated rings. The van der Waals surface area contributed by atoms with Gasteiger partial charge in [-0.1, -0.05) is 17.9 Å². The third-order valence-electron chi connectivity index (χ3n) is 5.25. The second-order valence-corrected chi connectivity index (χ2v) is 8.92. The maximum Gasteiger partial charge on any atom is 0.230 e. The topological polar surface area (TPSA) is 111 Å². The summed E-state index contributed by atoms with van der Waals surface area (Å²) in [5.74, 6) is 0.159. The number of halogens is 1. The quantitative estimate of drug-likeness (QED) is 0.429. The van der Waals surface area contributed by atoms with Gasteiger partial charge in [0.1, 0.15) is 17.8 Å². The molecule has 2 N–H and O–H groups in total. The third kappa shape index (κ3) is 4.92. The van der Waals surface area contributed by atoms with Crippen molar-refractivity contribution in [3.8, 4) is 11.4 Å². The summed E-state index contributed by atoms with van der Waals surface area (Å²) in [5, 5.41) is 18.7. The highest BCUT2D eigenvalue weighted by Gasteiger charge is 2.17. The van der Waals surface area contributed by atoms with Gasteiger partial charge in [0.15, 0.2) is 5.82 Å². The summed E-state index contributed by atoms with van der Waals surface area (Å²) in [6.45, 7) is 12.3. The molecule has 0 atom stereocenters. The maximum absolute atomic E-state index is 15.3. The number of nitrogens with zero attached hydrogens (tertiary/aromatic N) is 8. The first kappa shape index (κ1) is 23.0. The number of aromatic nitrogens is 8. The van der Waals surface area contributed by atoms with Crippen LogP contribution in [0.15, 0.2) is 43.6 Å². The molecule has 0 saturated carbocycles. The lowest BCUT2D eigenvalue weighted by atomic mass is 10.0. The van der Waals surface area contributed by atoms with Crippen molar-refractivity contribution in [1.29, 1.82) is 0 Å². The minimum atomic E-state index is -0.387. The number of aryl methyl sites for hydroxylation is 1. The summed E-state index contributed by atoms with van der Waals surface area (Å²) in [5.41, 5.74) is 3.38. The van der Waals surface area contributed by atoms with E-state index >= 15 is 4.39 Å². The number of hydrogen-bond acceptors (Lipinski definition) is 8. The minimum absolute atomic E-state index is 0.177. The maximum atomic E-state index is 15.3. The second kappa shape index (κ2) is 9.00. The zero-order valence-electron chi connectivity index (χ0n) is 19.8. The van der Waals surface area contributed by atoms with E-state index in [2.05, 4.69) is 47.6 Å². The molecule has 3 heterocycles. The van der Waals surface area contributed by atoms with Crippen LogP contribution in [0.4, 0.5) is 16.0 Å². The van der Waals surface area contributed by atoms with Crippen molar-refractivity contribution in [3.63, 3.8) is 0 Å². The van der Waals surface area contributed by atoms with E-state index in [1.807, 2.05) is 40.1 Å². The molecule has 3 aromatic heterocycles. The van der Waals surface area contributed by atoms with E-state index in [-0.39, 0.29) is 17.2 Å². The summed E-state index contributed by atoms with van der Waals surface area (Å²) in [6, 6.07) is 3.51. The van der Waals surface area contributed by atoms with Gasteiger partial charge < -0.3 is 10.6 Å². The van der Waals surface area contributed by atoms with Crippen LogP contribution in [0.3, 0.4) is 0 Å². The van der Waals surface area contributed by atoms with Crippen LogP contribution in [0, 0.1) is 12.7 Å². The third-order valence-corrected chi connectivity index (χ3v) is 5.25. The van der Waals surface area contributed by atoms with Crippen LogP contribution >= 0.6 is 0 Å². The van der Waals surface area contributed by atoms with Crippen LogP contribution in [0.1, 0.15) is 37.6 Å².